The predicted octanol–water partition coefficient (Wildman–Crippen LogP) is -1.60. The third-order valence-electron chi connectivity index (χ3n) is 5.87. The molecular weight excluding hydrogens is 522 g/mol. The van der Waals surface area contributed by atoms with Gasteiger partial charge in [-0.05, 0) is 24.7 Å². The summed E-state index contributed by atoms with van der Waals surface area (Å²) >= 11 is 4.07. The van der Waals surface area contributed by atoms with E-state index in [9.17, 15) is 33.6 Å². The van der Waals surface area contributed by atoms with E-state index >= 15 is 0 Å². The number of hydrogen-bond donors (Lipinski definition) is 8. The van der Waals surface area contributed by atoms with Crippen molar-refractivity contribution in [2.24, 2.45) is 11.8 Å². The van der Waals surface area contributed by atoms with Crippen LogP contribution in [-0.4, -0.2) is 87.6 Å². The lowest BCUT2D eigenvalue weighted by atomic mass is 9.98. The maximum atomic E-state index is 13.1. The first kappa shape index (κ1) is 32.7. The highest BCUT2D eigenvalue weighted by molar-refractivity contribution is 7.80. The second kappa shape index (κ2) is 15.1. The molecule has 214 valence electrons. The molecule has 7 N–H and O–H groups in total. The molecule has 1 aliphatic heterocycles. The highest BCUT2D eigenvalue weighted by Crippen LogP contribution is 2.10. The molecule has 0 spiro atoms. The van der Waals surface area contributed by atoms with Gasteiger partial charge in [0, 0.05) is 18.6 Å². The lowest BCUT2D eigenvalue weighted by Gasteiger charge is -2.29. The van der Waals surface area contributed by atoms with E-state index < -0.39 is 96.4 Å². The zero-order valence-electron chi connectivity index (χ0n) is 21.8. The summed E-state index contributed by atoms with van der Waals surface area (Å²) in [4.78, 5) is 87.5. The molecule has 0 bridgehead atoms. The maximum absolute atomic E-state index is 13.1. The molecular formula is C23H37N5O9S. The molecule has 1 rings (SSSR count). The fraction of sp³-hybridized carbons (Fsp3) is 0.696. The third-order valence-corrected chi connectivity index (χ3v) is 6.23. The molecule has 0 aromatic rings. The van der Waals surface area contributed by atoms with E-state index in [1.807, 2.05) is 0 Å². The number of hydrogen-bond acceptors (Lipinski definition) is 8. The Morgan fingerprint density at radius 2 is 0.947 bits per heavy atom. The van der Waals surface area contributed by atoms with Crippen molar-refractivity contribution in [2.75, 3.05) is 5.75 Å². The van der Waals surface area contributed by atoms with Gasteiger partial charge in [-0.3, -0.25) is 33.6 Å². The summed E-state index contributed by atoms with van der Waals surface area (Å²) in [6.45, 7) is 6.59. The summed E-state index contributed by atoms with van der Waals surface area (Å²) in [5, 5.41) is 30.5. The van der Waals surface area contributed by atoms with E-state index in [0.29, 0.717) is 0 Å². The van der Waals surface area contributed by atoms with Crippen molar-refractivity contribution < 1.29 is 43.8 Å². The minimum Gasteiger partial charge on any atom is -0.481 e. The number of rotatable bonds is 9. The Kier molecular flexibility index (Phi) is 13.0. The summed E-state index contributed by atoms with van der Waals surface area (Å²) in [6, 6.07) is -6.31. The molecule has 0 aromatic carbocycles. The molecule has 14 nitrogen and oxygen atoms in total. The monoisotopic (exact) mass is 559 g/mol. The van der Waals surface area contributed by atoms with Gasteiger partial charge in [0.05, 0.1) is 0 Å². The van der Waals surface area contributed by atoms with Crippen LogP contribution in [0.25, 0.3) is 0 Å². The maximum Gasteiger partial charge on any atom is 0.303 e. The summed E-state index contributed by atoms with van der Waals surface area (Å²) in [5.74, 6) is -7.60. The Balaban J connectivity index is 3.51. The molecule has 1 saturated heterocycles. The van der Waals surface area contributed by atoms with E-state index in [-0.39, 0.29) is 18.6 Å². The van der Waals surface area contributed by atoms with Crippen LogP contribution < -0.4 is 26.6 Å². The number of carboxylic acids is 2. The van der Waals surface area contributed by atoms with Crippen LogP contribution in [0, 0.1) is 11.8 Å². The van der Waals surface area contributed by atoms with Crippen LogP contribution in [0.3, 0.4) is 0 Å². The fourth-order valence-corrected chi connectivity index (χ4v) is 3.90. The van der Waals surface area contributed by atoms with Gasteiger partial charge in [0.1, 0.15) is 30.2 Å². The third kappa shape index (κ3) is 10.2. The van der Waals surface area contributed by atoms with Crippen LogP contribution in [0.15, 0.2) is 0 Å². The molecule has 5 amide bonds. The zero-order chi connectivity index (χ0) is 29.2. The molecule has 0 unspecified atom stereocenters. The van der Waals surface area contributed by atoms with E-state index in [1.54, 1.807) is 27.7 Å². The molecule has 1 heterocycles. The minimum atomic E-state index is -1.36. The Hall–Kier alpha value is -3.36. The van der Waals surface area contributed by atoms with Gasteiger partial charge >= 0.3 is 11.9 Å². The van der Waals surface area contributed by atoms with Crippen molar-refractivity contribution in [1.82, 2.24) is 26.6 Å². The van der Waals surface area contributed by atoms with Gasteiger partial charge in [-0.1, -0.05) is 27.7 Å². The van der Waals surface area contributed by atoms with Crippen molar-refractivity contribution in [2.45, 2.75) is 83.6 Å². The van der Waals surface area contributed by atoms with E-state index in [2.05, 4.69) is 39.2 Å². The van der Waals surface area contributed by atoms with Crippen molar-refractivity contribution in [3.05, 3.63) is 0 Å². The van der Waals surface area contributed by atoms with Crippen LogP contribution in [0.1, 0.15) is 53.4 Å². The van der Waals surface area contributed by atoms with Crippen molar-refractivity contribution in [3.63, 3.8) is 0 Å². The second-order valence-corrected chi connectivity index (χ2v) is 10.1. The van der Waals surface area contributed by atoms with E-state index in [0.717, 1.165) is 0 Å². The summed E-state index contributed by atoms with van der Waals surface area (Å²) in [7, 11) is 0. The zero-order valence-corrected chi connectivity index (χ0v) is 22.7. The SMILES string of the molecule is CC(C)[C@@H]1NC(=O)[C@H](CCC(=O)O)NC(=O)[C@H](CS)NC(=O)[C@H](CCC(=O)O)NC(=O)[C@H](C(C)C)NC1=O. The van der Waals surface area contributed by atoms with Gasteiger partial charge in [0.15, 0.2) is 0 Å². The summed E-state index contributed by atoms with van der Waals surface area (Å²) in [5.41, 5.74) is 0. The summed E-state index contributed by atoms with van der Waals surface area (Å²) in [6.07, 6.45) is -1.55. The molecule has 0 saturated carbocycles. The number of carbonyl (C=O) groups is 7. The first-order valence-electron chi connectivity index (χ1n) is 12.2. The first-order chi connectivity index (χ1) is 17.7. The van der Waals surface area contributed by atoms with Crippen LogP contribution in [0.2, 0.25) is 0 Å². The molecule has 38 heavy (non-hydrogen) atoms. The minimum absolute atomic E-state index is 0.228. The number of nitrogens with one attached hydrogen (secondary N) is 5. The Morgan fingerprint density at radius 1 is 0.632 bits per heavy atom. The van der Waals surface area contributed by atoms with Gasteiger partial charge < -0.3 is 36.8 Å². The Bertz CT molecular complexity index is 905. The van der Waals surface area contributed by atoms with Gasteiger partial charge in [-0.25, -0.2) is 0 Å². The lowest BCUT2D eigenvalue weighted by Crippen LogP contribution is -2.60. The summed E-state index contributed by atoms with van der Waals surface area (Å²) < 4.78 is 0. The number of aliphatic carboxylic acids is 2. The molecule has 0 radical (unpaired) electrons. The van der Waals surface area contributed by atoms with Crippen LogP contribution >= 0.6 is 12.6 Å². The molecule has 15 heteroatoms. The molecule has 0 aliphatic carbocycles. The molecule has 1 aliphatic rings. The van der Waals surface area contributed by atoms with Gasteiger partial charge in [-0.15, -0.1) is 0 Å². The van der Waals surface area contributed by atoms with Crippen LogP contribution in [0.5, 0.6) is 0 Å². The quantitative estimate of drug-likeness (QED) is 0.152. The normalized spacial score (nSPS) is 25.9. The van der Waals surface area contributed by atoms with Gasteiger partial charge in [0.25, 0.3) is 0 Å². The smallest absolute Gasteiger partial charge is 0.303 e. The highest BCUT2D eigenvalue weighted by Gasteiger charge is 2.36. The van der Waals surface area contributed by atoms with Crippen molar-refractivity contribution >= 4 is 54.1 Å². The second-order valence-electron chi connectivity index (χ2n) is 9.69. The van der Waals surface area contributed by atoms with E-state index in [4.69, 9.17) is 10.2 Å². The molecule has 5 atom stereocenters. The molecule has 1 fully saturated rings. The van der Waals surface area contributed by atoms with Crippen LogP contribution in [-0.2, 0) is 33.6 Å². The Morgan fingerprint density at radius 3 is 1.34 bits per heavy atom. The number of amides is 5. The number of carboxylic acid groups (broad SMARTS) is 2. The van der Waals surface area contributed by atoms with Gasteiger partial charge in [0.2, 0.25) is 29.5 Å². The standard InChI is InChI=1S/C23H37N5O9S/c1-10(2)17-22(36)25-12(5-7-15(29)30)19(33)26-14(9-38)21(35)24-13(6-8-16(31)32)20(34)27-18(11(3)4)23(37)28-17/h10-14,17-18,38H,5-9H2,1-4H3,(H,24,35)(H,25,36)(H,26,33)(H,27,34)(H,28,37)(H,29,30)(H,31,32)/t12-,13-,14-,17-,18-/m0/s1. The van der Waals surface area contributed by atoms with Gasteiger partial charge in [-0.2, -0.15) is 12.6 Å². The largest absolute Gasteiger partial charge is 0.481 e. The topological polar surface area (TPSA) is 220 Å². The average Bonchev–Trinajstić information content (AvgIpc) is 2.82. The fourth-order valence-electron chi connectivity index (χ4n) is 3.64. The average molecular weight is 560 g/mol. The highest BCUT2D eigenvalue weighted by atomic mass is 32.1. The molecule has 0 aromatic heterocycles. The number of carbonyl (C=O) groups excluding carboxylic acids is 5. The number of thiol groups is 1. The van der Waals surface area contributed by atoms with Crippen LogP contribution in [0.4, 0.5) is 0 Å². The Labute approximate surface area is 225 Å². The van der Waals surface area contributed by atoms with Crippen molar-refractivity contribution in [3.8, 4) is 0 Å². The predicted molar refractivity (Wildman–Crippen MR) is 137 cm³/mol. The first-order valence-corrected chi connectivity index (χ1v) is 12.9. The lowest BCUT2D eigenvalue weighted by molar-refractivity contribution is -0.139. The van der Waals surface area contributed by atoms with E-state index in [1.165, 1.54) is 0 Å². The van der Waals surface area contributed by atoms with Crippen molar-refractivity contribution in [1.29, 1.82) is 0 Å².